The lowest BCUT2D eigenvalue weighted by atomic mass is 9.71. The van der Waals surface area contributed by atoms with Crippen molar-refractivity contribution in [3.05, 3.63) is 33.9 Å². The Morgan fingerprint density at radius 1 is 1.14 bits per heavy atom. The van der Waals surface area contributed by atoms with Crippen LogP contribution in [0.25, 0.3) is 0 Å². The number of carbonyl (C=O) groups is 2. The van der Waals surface area contributed by atoms with Crippen LogP contribution in [0.2, 0.25) is 0 Å². The van der Waals surface area contributed by atoms with Gasteiger partial charge in [0.05, 0.1) is 16.8 Å². The molecule has 0 aromatic heterocycles. The highest BCUT2D eigenvalue weighted by Gasteiger charge is 2.52. The molecule has 1 amide bonds. The van der Waals surface area contributed by atoms with Gasteiger partial charge in [0.1, 0.15) is 0 Å². The van der Waals surface area contributed by atoms with Crippen molar-refractivity contribution in [2.45, 2.75) is 39.0 Å². The summed E-state index contributed by atoms with van der Waals surface area (Å²) in [7, 11) is 0. The van der Waals surface area contributed by atoms with E-state index in [1.54, 1.807) is 12.1 Å². The Bertz CT molecular complexity index is 843. The number of hydrogen-bond donors (Lipinski definition) is 1. The molecule has 29 heavy (non-hydrogen) atoms. The number of amides is 1. The van der Waals surface area contributed by atoms with Crippen LogP contribution in [0.15, 0.2) is 18.2 Å². The first-order valence-electron chi connectivity index (χ1n) is 10.3. The molecule has 3 aliphatic rings. The molecule has 0 radical (unpaired) electrons. The zero-order valence-electron chi connectivity index (χ0n) is 16.7. The molecule has 8 nitrogen and oxygen atoms in total. The lowest BCUT2D eigenvalue weighted by Gasteiger charge is -2.41. The number of piperazine rings is 1. The molecule has 2 aliphatic carbocycles. The normalized spacial score (nSPS) is 25.7. The van der Waals surface area contributed by atoms with E-state index in [1.165, 1.54) is 6.07 Å². The average molecular weight is 401 g/mol. The van der Waals surface area contributed by atoms with Gasteiger partial charge in [0, 0.05) is 44.0 Å². The van der Waals surface area contributed by atoms with Crippen molar-refractivity contribution in [3.63, 3.8) is 0 Å². The van der Waals surface area contributed by atoms with E-state index in [0.717, 1.165) is 30.5 Å². The van der Waals surface area contributed by atoms with Crippen molar-refractivity contribution in [1.82, 2.24) is 4.90 Å². The number of anilines is 1. The predicted octanol–water partition coefficient (Wildman–Crippen LogP) is 2.83. The van der Waals surface area contributed by atoms with E-state index in [-0.39, 0.29) is 17.0 Å². The molecule has 1 spiro atoms. The number of aryl methyl sites for hydroxylation is 1. The molecular formula is C21H27N3O5. The molecule has 1 aromatic carbocycles. The van der Waals surface area contributed by atoms with Crippen molar-refractivity contribution >= 4 is 23.3 Å². The number of benzene rings is 1. The zero-order chi connectivity index (χ0) is 20.8. The van der Waals surface area contributed by atoms with Crippen molar-refractivity contribution in [1.29, 1.82) is 0 Å². The summed E-state index contributed by atoms with van der Waals surface area (Å²) in [6.45, 7) is 4.23. The quantitative estimate of drug-likeness (QED) is 0.615. The predicted molar refractivity (Wildman–Crippen MR) is 107 cm³/mol. The van der Waals surface area contributed by atoms with Gasteiger partial charge in [0.15, 0.2) is 0 Å². The van der Waals surface area contributed by atoms with Crippen LogP contribution in [0.5, 0.6) is 0 Å². The molecule has 1 saturated heterocycles. The molecule has 1 aromatic rings. The minimum atomic E-state index is -0.848. The van der Waals surface area contributed by atoms with Gasteiger partial charge < -0.3 is 14.9 Å². The van der Waals surface area contributed by atoms with E-state index >= 15 is 0 Å². The highest BCUT2D eigenvalue weighted by molar-refractivity contribution is 5.85. The number of carboxylic acid groups (broad SMARTS) is 1. The van der Waals surface area contributed by atoms with Gasteiger partial charge in [-0.25, -0.2) is 0 Å². The molecular weight excluding hydrogens is 374 g/mol. The Morgan fingerprint density at radius 3 is 2.38 bits per heavy atom. The number of nitrogens with zero attached hydrogens (tertiary/aromatic N) is 3. The molecule has 1 aliphatic heterocycles. The highest BCUT2D eigenvalue weighted by Crippen LogP contribution is 2.59. The molecule has 156 valence electrons. The number of aliphatic carboxylic acids is 1. The van der Waals surface area contributed by atoms with Gasteiger partial charge in [-0.2, -0.15) is 0 Å². The van der Waals surface area contributed by atoms with Gasteiger partial charge in [-0.15, -0.1) is 0 Å². The van der Waals surface area contributed by atoms with Crippen LogP contribution in [-0.4, -0.2) is 53.0 Å². The molecule has 1 heterocycles. The largest absolute Gasteiger partial charge is 0.481 e. The van der Waals surface area contributed by atoms with E-state index in [9.17, 15) is 24.8 Å². The maximum atomic E-state index is 13.2. The summed E-state index contributed by atoms with van der Waals surface area (Å²) < 4.78 is 0. The van der Waals surface area contributed by atoms with E-state index in [2.05, 4.69) is 4.90 Å². The van der Waals surface area contributed by atoms with Crippen LogP contribution in [0.1, 0.15) is 37.7 Å². The minimum Gasteiger partial charge on any atom is -0.481 e. The Morgan fingerprint density at radius 2 is 1.83 bits per heavy atom. The van der Waals surface area contributed by atoms with Gasteiger partial charge in [-0.1, -0.05) is 0 Å². The number of non-ortho nitro benzene ring substituents is 1. The molecule has 0 bridgehead atoms. The summed E-state index contributed by atoms with van der Waals surface area (Å²) in [5.41, 5.74) is 2.09. The summed E-state index contributed by atoms with van der Waals surface area (Å²) >= 11 is 0. The van der Waals surface area contributed by atoms with Gasteiger partial charge in [0.2, 0.25) is 5.91 Å². The molecule has 1 N–H and O–H groups in total. The Labute approximate surface area is 169 Å². The molecule has 4 rings (SSSR count). The lowest BCUT2D eigenvalue weighted by Crippen LogP contribution is -2.52. The second kappa shape index (κ2) is 7.31. The Balaban J connectivity index is 1.42. The van der Waals surface area contributed by atoms with Crippen LogP contribution in [0, 0.1) is 34.3 Å². The summed E-state index contributed by atoms with van der Waals surface area (Å²) in [5.74, 6) is -1.83. The minimum absolute atomic E-state index is 0.0107. The number of nitro benzene ring substituents is 1. The van der Waals surface area contributed by atoms with Crippen molar-refractivity contribution < 1.29 is 19.6 Å². The Kier molecular flexibility index (Phi) is 4.96. The molecule has 8 heteroatoms. The molecule has 2 atom stereocenters. The second-order valence-corrected chi connectivity index (χ2v) is 8.83. The first kappa shape index (κ1) is 19.7. The van der Waals surface area contributed by atoms with Crippen LogP contribution >= 0.6 is 0 Å². The molecule has 3 fully saturated rings. The lowest BCUT2D eigenvalue weighted by molar-refractivity contribution is -0.384. The maximum absolute atomic E-state index is 13.2. The summed E-state index contributed by atoms with van der Waals surface area (Å²) in [6.07, 6.45) is 4.49. The first-order chi connectivity index (χ1) is 13.8. The van der Waals surface area contributed by atoms with E-state index in [0.29, 0.717) is 39.0 Å². The number of rotatable bonds is 4. The average Bonchev–Trinajstić information content (AvgIpc) is 3.45. The third-order valence-corrected chi connectivity index (χ3v) is 7.04. The summed E-state index contributed by atoms with van der Waals surface area (Å²) in [5, 5.41) is 20.5. The molecule has 2 saturated carbocycles. The fourth-order valence-electron chi connectivity index (χ4n) is 5.07. The fourth-order valence-corrected chi connectivity index (χ4v) is 5.07. The summed E-state index contributed by atoms with van der Waals surface area (Å²) in [4.78, 5) is 39.4. The third-order valence-electron chi connectivity index (χ3n) is 7.04. The van der Waals surface area contributed by atoms with Crippen molar-refractivity contribution in [2.75, 3.05) is 31.1 Å². The van der Waals surface area contributed by atoms with Crippen molar-refractivity contribution in [2.24, 2.45) is 17.3 Å². The van der Waals surface area contributed by atoms with Gasteiger partial charge in [0.25, 0.3) is 5.69 Å². The monoisotopic (exact) mass is 401 g/mol. The first-order valence-corrected chi connectivity index (χ1v) is 10.3. The Hall–Kier alpha value is -2.64. The van der Waals surface area contributed by atoms with Gasteiger partial charge >= 0.3 is 5.97 Å². The topological polar surface area (TPSA) is 104 Å². The number of carboxylic acids is 1. The smallest absolute Gasteiger partial charge is 0.307 e. The third kappa shape index (κ3) is 3.80. The molecule has 0 unspecified atom stereocenters. The van der Waals surface area contributed by atoms with E-state index < -0.39 is 22.7 Å². The number of nitro groups is 1. The second-order valence-electron chi connectivity index (χ2n) is 8.83. The highest BCUT2D eigenvalue weighted by atomic mass is 16.6. The van der Waals surface area contributed by atoms with Crippen molar-refractivity contribution in [3.8, 4) is 0 Å². The summed E-state index contributed by atoms with van der Waals surface area (Å²) in [6, 6.07) is 4.85. The maximum Gasteiger partial charge on any atom is 0.307 e. The van der Waals surface area contributed by atoms with E-state index in [1.807, 2.05) is 11.8 Å². The fraction of sp³-hybridized carbons (Fsp3) is 0.619. The van der Waals surface area contributed by atoms with Crippen LogP contribution in [-0.2, 0) is 9.59 Å². The van der Waals surface area contributed by atoms with Crippen LogP contribution in [0.3, 0.4) is 0 Å². The number of carbonyl (C=O) groups excluding carboxylic acids is 1. The van der Waals surface area contributed by atoms with Gasteiger partial charge in [-0.3, -0.25) is 19.7 Å². The number of hydrogen-bond acceptors (Lipinski definition) is 5. The van der Waals surface area contributed by atoms with E-state index in [4.69, 9.17) is 0 Å². The standard InChI is InChI=1S/C21H27N3O5/c1-14-12-15(24(28)29)2-3-18(14)22-8-10-23(11-9-22)19(25)17-13-21(6-7-21)5-4-16(17)20(26)27/h2-3,12,16-17H,4-11,13H2,1H3,(H,26,27)/t16-,17-/m0/s1. The van der Waals surface area contributed by atoms with Gasteiger partial charge in [-0.05, 0) is 56.1 Å². The van der Waals surface area contributed by atoms with Crippen LogP contribution < -0.4 is 4.90 Å². The zero-order valence-corrected chi connectivity index (χ0v) is 16.7. The SMILES string of the molecule is Cc1cc([N+](=O)[O-])ccc1N1CCN(C(=O)[C@H]2CC3(CC[C@@H]2C(=O)O)CC3)CC1. The van der Waals surface area contributed by atoms with Crippen LogP contribution in [0.4, 0.5) is 11.4 Å².